The van der Waals surface area contributed by atoms with Gasteiger partial charge in [-0.3, -0.25) is 14.6 Å². The predicted molar refractivity (Wildman–Crippen MR) is 99.9 cm³/mol. The molecule has 1 fully saturated rings. The molecule has 1 aliphatic heterocycles. The number of nitrogens with zero attached hydrogens (tertiary/aromatic N) is 2. The van der Waals surface area contributed by atoms with Crippen molar-refractivity contribution < 1.29 is 14.3 Å². The number of nitrogens with one attached hydrogen (secondary N) is 1. The van der Waals surface area contributed by atoms with Crippen molar-refractivity contribution in [3.63, 3.8) is 0 Å². The maximum absolute atomic E-state index is 12.6. The normalized spacial score (nSPS) is 14.0. The fraction of sp³-hybridized carbons (Fsp3) is 0.316. The number of piperidine rings is 1. The minimum atomic E-state index is -0.403. The lowest BCUT2D eigenvalue weighted by Gasteiger charge is -2.26. The van der Waals surface area contributed by atoms with E-state index in [0.717, 1.165) is 32.4 Å². The van der Waals surface area contributed by atoms with Crippen LogP contribution in [0.2, 0.25) is 5.02 Å². The standard InChI is InChI=1S/C19H20ClN3O3/c1-26-17-6-5-14(12-15(17)20)22-18(24)16-11-13(7-8-21-16)19(25)23-9-3-2-4-10-23/h5-8,11-12H,2-4,9-10H2,1H3,(H,22,24). The molecule has 1 aromatic carbocycles. The fourth-order valence-electron chi connectivity index (χ4n) is 2.91. The number of hydrogen-bond donors (Lipinski definition) is 1. The number of amides is 2. The molecule has 0 radical (unpaired) electrons. The summed E-state index contributed by atoms with van der Waals surface area (Å²) < 4.78 is 5.09. The number of rotatable bonds is 4. The average Bonchev–Trinajstić information content (AvgIpc) is 2.68. The van der Waals surface area contributed by atoms with Crippen molar-refractivity contribution in [3.8, 4) is 5.75 Å². The van der Waals surface area contributed by atoms with Crippen LogP contribution in [-0.4, -0.2) is 41.9 Å². The van der Waals surface area contributed by atoms with E-state index in [4.69, 9.17) is 16.3 Å². The molecule has 0 atom stereocenters. The Balaban J connectivity index is 1.73. The van der Waals surface area contributed by atoms with Gasteiger partial charge in [0.25, 0.3) is 11.8 Å². The van der Waals surface area contributed by atoms with Gasteiger partial charge in [-0.25, -0.2) is 0 Å². The average molecular weight is 374 g/mol. The van der Waals surface area contributed by atoms with Crippen molar-refractivity contribution in [3.05, 3.63) is 52.8 Å². The van der Waals surface area contributed by atoms with Crippen LogP contribution in [-0.2, 0) is 0 Å². The second kappa shape index (κ2) is 8.19. The first-order chi connectivity index (χ1) is 12.6. The number of anilines is 1. The number of methoxy groups -OCH3 is 1. The number of ether oxygens (including phenoxy) is 1. The summed E-state index contributed by atoms with van der Waals surface area (Å²) in [5.41, 5.74) is 1.18. The van der Waals surface area contributed by atoms with Crippen LogP contribution in [0.25, 0.3) is 0 Å². The first kappa shape index (κ1) is 18.2. The van der Waals surface area contributed by atoms with Crippen molar-refractivity contribution in [2.45, 2.75) is 19.3 Å². The molecule has 26 heavy (non-hydrogen) atoms. The maximum Gasteiger partial charge on any atom is 0.274 e. The summed E-state index contributed by atoms with van der Waals surface area (Å²) in [7, 11) is 1.52. The van der Waals surface area contributed by atoms with Gasteiger partial charge in [-0.1, -0.05) is 11.6 Å². The third-order valence-corrected chi connectivity index (χ3v) is 4.59. The Bertz CT molecular complexity index is 819. The summed E-state index contributed by atoms with van der Waals surface area (Å²) in [6.07, 6.45) is 4.66. The van der Waals surface area contributed by atoms with Gasteiger partial charge in [0.2, 0.25) is 0 Å². The quantitative estimate of drug-likeness (QED) is 0.888. The highest BCUT2D eigenvalue weighted by molar-refractivity contribution is 6.32. The monoisotopic (exact) mass is 373 g/mol. The Kier molecular flexibility index (Phi) is 5.73. The molecule has 1 aliphatic rings. The van der Waals surface area contributed by atoms with E-state index in [0.29, 0.717) is 22.0 Å². The Morgan fingerprint density at radius 2 is 1.92 bits per heavy atom. The first-order valence-electron chi connectivity index (χ1n) is 8.48. The zero-order valence-electron chi connectivity index (χ0n) is 14.5. The highest BCUT2D eigenvalue weighted by Crippen LogP contribution is 2.27. The number of likely N-dealkylation sites (tertiary alicyclic amines) is 1. The van der Waals surface area contributed by atoms with Crippen LogP contribution in [0.5, 0.6) is 5.75 Å². The smallest absolute Gasteiger partial charge is 0.274 e. The number of hydrogen-bond acceptors (Lipinski definition) is 4. The van der Waals surface area contributed by atoms with Gasteiger partial charge in [-0.15, -0.1) is 0 Å². The third kappa shape index (κ3) is 4.14. The molecule has 2 heterocycles. The molecule has 0 spiro atoms. The molecule has 0 saturated carbocycles. The van der Waals surface area contributed by atoms with Crippen LogP contribution in [0.15, 0.2) is 36.5 Å². The Morgan fingerprint density at radius 3 is 2.62 bits per heavy atom. The lowest BCUT2D eigenvalue weighted by atomic mass is 10.1. The summed E-state index contributed by atoms with van der Waals surface area (Å²) in [5, 5.41) is 3.13. The number of pyridine rings is 1. The number of halogens is 1. The van der Waals surface area contributed by atoms with Gasteiger partial charge >= 0.3 is 0 Å². The molecule has 7 heteroatoms. The van der Waals surface area contributed by atoms with Crippen molar-refractivity contribution in [2.24, 2.45) is 0 Å². The van der Waals surface area contributed by atoms with Gasteiger partial charge in [0.1, 0.15) is 11.4 Å². The number of benzene rings is 1. The largest absolute Gasteiger partial charge is 0.495 e. The fourth-order valence-corrected chi connectivity index (χ4v) is 3.16. The van der Waals surface area contributed by atoms with Gasteiger partial charge in [0, 0.05) is 30.5 Å². The molecule has 0 bridgehead atoms. The van der Waals surface area contributed by atoms with Gasteiger partial charge in [0.15, 0.2) is 0 Å². The van der Waals surface area contributed by atoms with Gasteiger partial charge in [-0.2, -0.15) is 0 Å². The highest BCUT2D eigenvalue weighted by atomic mass is 35.5. The highest BCUT2D eigenvalue weighted by Gasteiger charge is 2.19. The van der Waals surface area contributed by atoms with E-state index in [1.807, 2.05) is 4.90 Å². The molecule has 136 valence electrons. The second-order valence-corrected chi connectivity index (χ2v) is 6.49. The van der Waals surface area contributed by atoms with Crippen LogP contribution >= 0.6 is 11.6 Å². The predicted octanol–water partition coefficient (Wildman–Crippen LogP) is 3.62. The Morgan fingerprint density at radius 1 is 1.15 bits per heavy atom. The molecule has 2 amide bonds. The van der Waals surface area contributed by atoms with E-state index >= 15 is 0 Å². The van der Waals surface area contributed by atoms with E-state index in [1.165, 1.54) is 19.4 Å². The Labute approximate surface area is 157 Å². The molecule has 1 N–H and O–H groups in total. The zero-order chi connectivity index (χ0) is 18.5. The van der Waals surface area contributed by atoms with Crippen LogP contribution in [0.4, 0.5) is 5.69 Å². The van der Waals surface area contributed by atoms with Gasteiger partial charge in [0.05, 0.1) is 12.1 Å². The SMILES string of the molecule is COc1ccc(NC(=O)c2cc(C(=O)N3CCCCC3)ccn2)cc1Cl. The van der Waals surface area contributed by atoms with Gasteiger partial charge < -0.3 is 15.0 Å². The van der Waals surface area contributed by atoms with Crippen LogP contribution in [0.3, 0.4) is 0 Å². The number of carbonyl (C=O) groups excluding carboxylic acids is 2. The van der Waals surface area contributed by atoms with Crippen molar-refractivity contribution in [1.29, 1.82) is 0 Å². The summed E-state index contributed by atoms with van der Waals surface area (Å²) >= 11 is 6.07. The van der Waals surface area contributed by atoms with E-state index in [9.17, 15) is 9.59 Å². The first-order valence-corrected chi connectivity index (χ1v) is 8.86. The van der Waals surface area contributed by atoms with E-state index in [-0.39, 0.29) is 11.6 Å². The molecular formula is C19H20ClN3O3. The molecular weight excluding hydrogens is 354 g/mol. The summed E-state index contributed by atoms with van der Waals surface area (Å²) in [6, 6.07) is 8.11. The van der Waals surface area contributed by atoms with E-state index < -0.39 is 5.91 Å². The van der Waals surface area contributed by atoms with Crippen LogP contribution in [0.1, 0.15) is 40.1 Å². The minimum absolute atomic E-state index is 0.0614. The molecule has 3 rings (SSSR count). The van der Waals surface area contributed by atoms with E-state index in [2.05, 4.69) is 10.3 Å². The van der Waals surface area contributed by atoms with Crippen molar-refractivity contribution >= 4 is 29.1 Å². The topological polar surface area (TPSA) is 71.5 Å². The second-order valence-electron chi connectivity index (χ2n) is 6.09. The van der Waals surface area contributed by atoms with Crippen molar-refractivity contribution in [2.75, 3.05) is 25.5 Å². The third-order valence-electron chi connectivity index (χ3n) is 4.29. The molecule has 0 aliphatic carbocycles. The molecule has 1 aromatic heterocycles. The van der Waals surface area contributed by atoms with E-state index in [1.54, 1.807) is 24.3 Å². The van der Waals surface area contributed by atoms with Crippen molar-refractivity contribution in [1.82, 2.24) is 9.88 Å². The lowest BCUT2D eigenvalue weighted by Crippen LogP contribution is -2.35. The summed E-state index contributed by atoms with van der Waals surface area (Å²) in [6.45, 7) is 1.51. The zero-order valence-corrected chi connectivity index (χ0v) is 15.3. The van der Waals surface area contributed by atoms with Crippen LogP contribution < -0.4 is 10.1 Å². The summed E-state index contributed by atoms with van der Waals surface area (Å²) in [5.74, 6) is 0.0603. The molecule has 2 aromatic rings. The van der Waals surface area contributed by atoms with Gasteiger partial charge in [-0.05, 0) is 49.6 Å². The number of carbonyl (C=O) groups is 2. The number of aromatic nitrogens is 1. The van der Waals surface area contributed by atoms with Crippen LogP contribution in [0, 0.1) is 0 Å². The summed E-state index contributed by atoms with van der Waals surface area (Å²) in [4.78, 5) is 30.9. The minimum Gasteiger partial charge on any atom is -0.495 e. The Hall–Kier alpha value is -2.60. The maximum atomic E-state index is 12.6. The lowest BCUT2D eigenvalue weighted by molar-refractivity contribution is 0.0724. The molecule has 1 saturated heterocycles. The molecule has 0 unspecified atom stereocenters. The molecule has 6 nitrogen and oxygen atoms in total.